The molecule has 4 nitrogen and oxygen atoms in total. The van der Waals surface area contributed by atoms with E-state index in [0.29, 0.717) is 23.9 Å². The second kappa shape index (κ2) is 5.50. The van der Waals surface area contributed by atoms with E-state index in [1.165, 1.54) is 0 Å². The Labute approximate surface area is 122 Å². The zero-order valence-corrected chi connectivity index (χ0v) is 11.9. The van der Waals surface area contributed by atoms with Crippen LogP contribution in [0.3, 0.4) is 0 Å². The first kappa shape index (κ1) is 13.5. The summed E-state index contributed by atoms with van der Waals surface area (Å²) in [7, 11) is 0. The summed E-state index contributed by atoms with van der Waals surface area (Å²) < 4.78 is 1.68. The average Bonchev–Trinajstić information content (AvgIpc) is 2.54. The zero-order chi connectivity index (χ0) is 14.8. The molecule has 0 spiro atoms. The molecule has 1 aromatic heterocycles. The van der Waals surface area contributed by atoms with E-state index >= 15 is 0 Å². The number of benzene rings is 2. The van der Waals surface area contributed by atoms with E-state index in [1.807, 2.05) is 55.5 Å². The van der Waals surface area contributed by atoms with Gasteiger partial charge in [0.25, 0.3) is 5.56 Å². The summed E-state index contributed by atoms with van der Waals surface area (Å²) in [5.74, 6) is 0.757. The van der Waals surface area contributed by atoms with E-state index in [0.717, 1.165) is 17.1 Å². The Bertz CT molecular complexity index is 838. The van der Waals surface area contributed by atoms with E-state index in [9.17, 15) is 4.79 Å². The molecule has 0 unspecified atom stereocenters. The van der Waals surface area contributed by atoms with E-state index in [4.69, 9.17) is 5.73 Å². The predicted octanol–water partition coefficient (Wildman–Crippen LogP) is 2.41. The van der Waals surface area contributed by atoms with Crippen molar-refractivity contribution in [3.63, 3.8) is 0 Å². The highest BCUT2D eigenvalue weighted by atomic mass is 16.1. The number of aromatic nitrogens is 2. The van der Waals surface area contributed by atoms with Gasteiger partial charge in [0.2, 0.25) is 0 Å². The van der Waals surface area contributed by atoms with Crippen LogP contribution in [-0.4, -0.2) is 9.55 Å². The van der Waals surface area contributed by atoms with Crippen molar-refractivity contribution in [1.29, 1.82) is 0 Å². The molecule has 3 aromatic rings. The molecule has 2 aromatic carbocycles. The molecule has 0 aliphatic heterocycles. The Morgan fingerprint density at radius 1 is 1.10 bits per heavy atom. The van der Waals surface area contributed by atoms with Crippen LogP contribution in [0.25, 0.3) is 16.6 Å². The fourth-order valence-corrected chi connectivity index (χ4v) is 2.60. The van der Waals surface area contributed by atoms with Crippen molar-refractivity contribution in [3.8, 4) is 5.69 Å². The summed E-state index contributed by atoms with van der Waals surface area (Å²) in [6.07, 6.45) is 0.687. The largest absolute Gasteiger partial charge is 0.326 e. The van der Waals surface area contributed by atoms with Gasteiger partial charge in [-0.15, -0.1) is 0 Å². The third kappa shape index (κ3) is 2.23. The van der Waals surface area contributed by atoms with Crippen molar-refractivity contribution in [2.24, 2.45) is 5.73 Å². The van der Waals surface area contributed by atoms with Crippen LogP contribution in [0.15, 0.2) is 53.3 Å². The highest BCUT2D eigenvalue weighted by molar-refractivity contribution is 5.81. The lowest BCUT2D eigenvalue weighted by Crippen LogP contribution is -2.24. The molecule has 21 heavy (non-hydrogen) atoms. The minimum atomic E-state index is -0.0518. The standard InChI is InChI=1S/C17H17N3O/c1-2-15-19-14-10-6-7-12(11-18)16(14)17(21)20(15)13-8-4-3-5-9-13/h3-10H,2,11,18H2,1H3. The number of rotatable bonds is 3. The van der Waals surface area contributed by atoms with Crippen LogP contribution in [-0.2, 0) is 13.0 Å². The second-order valence-corrected chi connectivity index (χ2v) is 4.87. The highest BCUT2D eigenvalue weighted by Crippen LogP contribution is 2.16. The summed E-state index contributed by atoms with van der Waals surface area (Å²) in [6.45, 7) is 2.33. The first-order valence-electron chi connectivity index (χ1n) is 7.05. The first-order chi connectivity index (χ1) is 10.3. The summed E-state index contributed by atoms with van der Waals surface area (Å²) in [4.78, 5) is 17.6. The van der Waals surface area contributed by atoms with Gasteiger partial charge in [0.1, 0.15) is 5.82 Å². The Balaban J connectivity index is 2.44. The molecule has 2 N–H and O–H groups in total. The maximum absolute atomic E-state index is 13.0. The molecule has 0 aliphatic carbocycles. The number of aryl methyl sites for hydroxylation is 1. The molecule has 1 heterocycles. The molecule has 0 saturated heterocycles. The highest BCUT2D eigenvalue weighted by Gasteiger charge is 2.13. The number of nitrogens with two attached hydrogens (primary N) is 1. The number of hydrogen-bond acceptors (Lipinski definition) is 3. The Morgan fingerprint density at radius 2 is 1.86 bits per heavy atom. The summed E-state index contributed by atoms with van der Waals surface area (Å²) in [6, 6.07) is 15.2. The quantitative estimate of drug-likeness (QED) is 0.801. The number of para-hydroxylation sites is 1. The first-order valence-corrected chi connectivity index (χ1v) is 7.05. The van der Waals surface area contributed by atoms with Crippen LogP contribution >= 0.6 is 0 Å². The van der Waals surface area contributed by atoms with E-state index in [-0.39, 0.29) is 5.56 Å². The average molecular weight is 279 g/mol. The third-order valence-electron chi connectivity index (χ3n) is 3.60. The maximum atomic E-state index is 13.0. The number of hydrogen-bond donors (Lipinski definition) is 1. The van der Waals surface area contributed by atoms with Gasteiger partial charge in [-0.2, -0.15) is 0 Å². The molecule has 0 saturated carbocycles. The van der Waals surface area contributed by atoms with Crippen molar-refractivity contribution in [3.05, 3.63) is 70.3 Å². The van der Waals surface area contributed by atoms with Gasteiger partial charge < -0.3 is 5.73 Å². The smallest absolute Gasteiger partial charge is 0.266 e. The van der Waals surface area contributed by atoms with Crippen LogP contribution < -0.4 is 11.3 Å². The van der Waals surface area contributed by atoms with E-state index in [1.54, 1.807) is 4.57 Å². The minimum absolute atomic E-state index is 0.0518. The van der Waals surface area contributed by atoms with Gasteiger partial charge in [-0.1, -0.05) is 37.3 Å². The van der Waals surface area contributed by atoms with E-state index in [2.05, 4.69) is 4.98 Å². The van der Waals surface area contributed by atoms with Crippen LogP contribution in [0, 0.1) is 0 Å². The monoisotopic (exact) mass is 279 g/mol. The minimum Gasteiger partial charge on any atom is -0.326 e. The molecule has 0 aliphatic rings. The second-order valence-electron chi connectivity index (χ2n) is 4.87. The fourth-order valence-electron chi connectivity index (χ4n) is 2.60. The fraction of sp³-hybridized carbons (Fsp3) is 0.176. The predicted molar refractivity (Wildman–Crippen MR) is 84.6 cm³/mol. The molecule has 106 valence electrons. The van der Waals surface area contributed by atoms with Gasteiger partial charge in [0, 0.05) is 13.0 Å². The van der Waals surface area contributed by atoms with Crippen LogP contribution in [0.2, 0.25) is 0 Å². The zero-order valence-electron chi connectivity index (χ0n) is 11.9. The van der Waals surface area contributed by atoms with E-state index < -0.39 is 0 Å². The molecule has 0 amide bonds. The third-order valence-corrected chi connectivity index (χ3v) is 3.60. The number of nitrogens with zero attached hydrogens (tertiary/aromatic N) is 2. The Morgan fingerprint density at radius 3 is 2.52 bits per heavy atom. The molecule has 4 heteroatoms. The molecular formula is C17H17N3O. The SMILES string of the molecule is CCc1nc2cccc(CN)c2c(=O)n1-c1ccccc1. The lowest BCUT2D eigenvalue weighted by Gasteiger charge is -2.13. The Hall–Kier alpha value is -2.46. The van der Waals surface area contributed by atoms with Crippen molar-refractivity contribution in [2.75, 3.05) is 0 Å². The van der Waals surface area contributed by atoms with Crippen molar-refractivity contribution in [2.45, 2.75) is 19.9 Å². The molecular weight excluding hydrogens is 262 g/mol. The Kier molecular flexibility index (Phi) is 3.54. The number of fused-ring (bicyclic) bond motifs is 1. The van der Waals surface area contributed by atoms with Crippen LogP contribution in [0.5, 0.6) is 0 Å². The van der Waals surface area contributed by atoms with Gasteiger partial charge in [-0.3, -0.25) is 9.36 Å². The summed E-state index contributed by atoms with van der Waals surface area (Å²) in [5.41, 5.74) is 8.10. The van der Waals surface area contributed by atoms with Crippen molar-refractivity contribution in [1.82, 2.24) is 9.55 Å². The van der Waals surface area contributed by atoms with Gasteiger partial charge >= 0.3 is 0 Å². The van der Waals surface area contributed by atoms with Gasteiger partial charge in [0.15, 0.2) is 0 Å². The molecule has 3 rings (SSSR count). The van der Waals surface area contributed by atoms with Crippen LogP contribution in [0.4, 0.5) is 0 Å². The lowest BCUT2D eigenvalue weighted by molar-refractivity contribution is 0.831. The lowest BCUT2D eigenvalue weighted by atomic mass is 10.1. The molecule has 0 bridgehead atoms. The molecule has 0 fully saturated rings. The topological polar surface area (TPSA) is 60.9 Å². The van der Waals surface area contributed by atoms with Crippen molar-refractivity contribution >= 4 is 10.9 Å². The van der Waals surface area contributed by atoms with Gasteiger partial charge in [-0.05, 0) is 23.8 Å². The molecule has 0 atom stereocenters. The van der Waals surface area contributed by atoms with Gasteiger partial charge in [0.05, 0.1) is 16.6 Å². The normalized spacial score (nSPS) is 11.0. The van der Waals surface area contributed by atoms with Gasteiger partial charge in [-0.25, -0.2) is 4.98 Å². The summed E-state index contributed by atoms with van der Waals surface area (Å²) >= 11 is 0. The summed E-state index contributed by atoms with van der Waals surface area (Å²) in [5, 5.41) is 0.612. The maximum Gasteiger partial charge on any atom is 0.266 e. The van der Waals surface area contributed by atoms with Crippen LogP contribution in [0.1, 0.15) is 18.3 Å². The van der Waals surface area contributed by atoms with Crippen molar-refractivity contribution < 1.29 is 0 Å². The molecule has 0 radical (unpaired) electrons.